The van der Waals surface area contributed by atoms with Crippen LogP contribution in [0.3, 0.4) is 0 Å². The average Bonchev–Trinajstić information content (AvgIpc) is 3.25. The van der Waals surface area contributed by atoms with Crippen molar-refractivity contribution >= 4 is 17.5 Å². The van der Waals surface area contributed by atoms with Gasteiger partial charge in [0, 0.05) is 25.4 Å². The molecule has 3 fully saturated rings. The van der Waals surface area contributed by atoms with Crippen molar-refractivity contribution in [3.63, 3.8) is 0 Å². The summed E-state index contributed by atoms with van der Waals surface area (Å²) in [6.45, 7) is 1.89. The number of ether oxygens (including phenoxy) is 2. The first-order valence-electron chi connectivity index (χ1n) is 11.2. The molecule has 0 aliphatic carbocycles. The van der Waals surface area contributed by atoms with Crippen LogP contribution in [0.15, 0.2) is 48.5 Å². The number of likely N-dealkylation sites (tertiary alicyclic amines) is 1. The van der Waals surface area contributed by atoms with E-state index in [0.717, 1.165) is 0 Å². The molecule has 3 saturated heterocycles. The molecule has 1 unspecified atom stereocenters. The van der Waals surface area contributed by atoms with Gasteiger partial charge in [-0.2, -0.15) is 0 Å². The van der Waals surface area contributed by atoms with Gasteiger partial charge < -0.3 is 19.3 Å². The quantitative estimate of drug-likeness (QED) is 0.713. The Morgan fingerprint density at radius 1 is 0.939 bits per heavy atom. The smallest absolute Gasteiger partial charge is 0.253 e. The van der Waals surface area contributed by atoms with E-state index in [2.05, 4.69) is 0 Å². The first-order valence-corrected chi connectivity index (χ1v) is 11.2. The zero-order valence-corrected chi connectivity index (χ0v) is 18.3. The third-order valence-corrected chi connectivity index (χ3v) is 7.12. The first-order chi connectivity index (χ1) is 15.9. The molecule has 174 valence electrons. The third-order valence-electron chi connectivity index (χ3n) is 7.12. The Labute approximate surface area is 191 Å². The summed E-state index contributed by atoms with van der Waals surface area (Å²) in [4.78, 5) is 29.8. The van der Waals surface area contributed by atoms with Crippen LogP contribution in [-0.4, -0.2) is 61.8 Å². The van der Waals surface area contributed by atoms with Crippen LogP contribution in [0.4, 0.5) is 14.5 Å². The zero-order valence-electron chi connectivity index (χ0n) is 18.3. The minimum atomic E-state index is -0.840. The number of rotatable bonds is 3. The molecule has 3 heterocycles. The molecule has 5 rings (SSSR count). The SMILES string of the molecule is O=C1COC2(CCN(C(=O)C3(c4cccc(F)c4)CCOCC3)C2)CN1c1ccc(F)cc1. The van der Waals surface area contributed by atoms with Gasteiger partial charge in [0.25, 0.3) is 5.91 Å². The van der Waals surface area contributed by atoms with Crippen LogP contribution in [0.2, 0.25) is 0 Å². The Bertz CT molecular complexity index is 1050. The molecule has 0 aromatic heterocycles. The van der Waals surface area contributed by atoms with Gasteiger partial charge in [0.05, 0.1) is 18.5 Å². The first kappa shape index (κ1) is 22.0. The van der Waals surface area contributed by atoms with Gasteiger partial charge in [-0.05, 0) is 61.2 Å². The lowest BCUT2D eigenvalue weighted by Crippen LogP contribution is -2.57. The molecule has 3 aliphatic heterocycles. The molecule has 2 amide bonds. The highest BCUT2D eigenvalue weighted by molar-refractivity contribution is 5.95. The van der Waals surface area contributed by atoms with Gasteiger partial charge in [0.1, 0.15) is 23.8 Å². The molecular formula is C25H26F2N2O4. The molecule has 0 N–H and O–H groups in total. The molecule has 33 heavy (non-hydrogen) atoms. The molecule has 8 heteroatoms. The van der Waals surface area contributed by atoms with Crippen molar-refractivity contribution in [2.45, 2.75) is 30.3 Å². The van der Waals surface area contributed by atoms with Crippen LogP contribution in [0.1, 0.15) is 24.8 Å². The Morgan fingerprint density at radius 2 is 1.70 bits per heavy atom. The molecule has 0 saturated carbocycles. The van der Waals surface area contributed by atoms with Gasteiger partial charge in [-0.3, -0.25) is 9.59 Å². The number of carbonyl (C=O) groups excluding carboxylic acids is 2. The second kappa shape index (κ2) is 8.50. The van der Waals surface area contributed by atoms with Gasteiger partial charge in [-0.15, -0.1) is 0 Å². The van der Waals surface area contributed by atoms with E-state index < -0.39 is 11.0 Å². The molecule has 1 atom stereocenters. The second-order valence-electron chi connectivity index (χ2n) is 9.11. The maximum Gasteiger partial charge on any atom is 0.253 e. The minimum absolute atomic E-state index is 0.0536. The fraction of sp³-hybridized carbons (Fsp3) is 0.440. The lowest BCUT2D eigenvalue weighted by molar-refractivity contribution is -0.144. The summed E-state index contributed by atoms with van der Waals surface area (Å²) < 4.78 is 38.9. The van der Waals surface area contributed by atoms with E-state index in [1.54, 1.807) is 28.0 Å². The van der Waals surface area contributed by atoms with E-state index in [4.69, 9.17) is 9.47 Å². The number of carbonyl (C=O) groups is 2. The summed E-state index contributed by atoms with van der Waals surface area (Å²) >= 11 is 0. The Kier molecular flexibility index (Phi) is 5.66. The van der Waals surface area contributed by atoms with Gasteiger partial charge in [-0.1, -0.05) is 12.1 Å². The van der Waals surface area contributed by atoms with Crippen LogP contribution < -0.4 is 4.90 Å². The molecule has 6 nitrogen and oxygen atoms in total. The van der Waals surface area contributed by atoms with Crippen molar-refractivity contribution < 1.29 is 27.8 Å². The highest BCUT2D eigenvalue weighted by Gasteiger charge is 2.51. The summed E-state index contributed by atoms with van der Waals surface area (Å²) in [6, 6.07) is 12.1. The van der Waals surface area contributed by atoms with Crippen molar-refractivity contribution in [1.82, 2.24) is 4.90 Å². The monoisotopic (exact) mass is 456 g/mol. The zero-order chi connectivity index (χ0) is 23.1. The Hall–Kier alpha value is -2.84. The second-order valence-corrected chi connectivity index (χ2v) is 9.11. The molecule has 2 aromatic rings. The maximum absolute atomic E-state index is 14.0. The van der Waals surface area contributed by atoms with Crippen molar-refractivity contribution in [3.8, 4) is 0 Å². The molecular weight excluding hydrogens is 430 g/mol. The number of halogens is 2. The lowest BCUT2D eigenvalue weighted by atomic mass is 9.73. The number of anilines is 1. The normalized spacial score (nSPS) is 25.0. The summed E-state index contributed by atoms with van der Waals surface area (Å²) in [5.41, 5.74) is -0.252. The molecule has 0 bridgehead atoms. The Morgan fingerprint density at radius 3 is 2.42 bits per heavy atom. The number of hydrogen-bond acceptors (Lipinski definition) is 4. The lowest BCUT2D eigenvalue weighted by Gasteiger charge is -2.42. The highest BCUT2D eigenvalue weighted by atomic mass is 19.1. The van der Waals surface area contributed by atoms with Crippen LogP contribution in [0, 0.1) is 11.6 Å². The van der Waals surface area contributed by atoms with Crippen molar-refractivity contribution in [2.24, 2.45) is 0 Å². The molecule has 3 aliphatic rings. The van der Waals surface area contributed by atoms with Crippen molar-refractivity contribution in [1.29, 1.82) is 0 Å². The summed E-state index contributed by atoms with van der Waals surface area (Å²) in [6.07, 6.45) is 1.55. The van der Waals surface area contributed by atoms with Crippen LogP contribution in [0.25, 0.3) is 0 Å². The predicted octanol–water partition coefficient (Wildman–Crippen LogP) is 3.05. The van der Waals surface area contributed by atoms with Crippen LogP contribution >= 0.6 is 0 Å². The van der Waals surface area contributed by atoms with E-state index in [1.165, 1.54) is 24.3 Å². The van der Waals surface area contributed by atoms with Crippen molar-refractivity contribution in [2.75, 3.05) is 44.4 Å². The maximum atomic E-state index is 14.0. The van der Waals surface area contributed by atoms with E-state index in [1.807, 2.05) is 6.07 Å². The van der Waals surface area contributed by atoms with E-state index in [9.17, 15) is 18.4 Å². The molecule has 1 spiro atoms. The fourth-order valence-corrected chi connectivity index (χ4v) is 5.27. The largest absolute Gasteiger partial charge is 0.381 e. The van der Waals surface area contributed by atoms with Crippen LogP contribution in [0.5, 0.6) is 0 Å². The van der Waals surface area contributed by atoms with E-state index in [-0.39, 0.29) is 36.6 Å². The van der Waals surface area contributed by atoms with Gasteiger partial charge >= 0.3 is 0 Å². The number of nitrogens with zero attached hydrogens (tertiary/aromatic N) is 2. The molecule has 0 radical (unpaired) electrons. The van der Waals surface area contributed by atoms with E-state index >= 15 is 0 Å². The summed E-state index contributed by atoms with van der Waals surface area (Å²) in [5, 5.41) is 0. The summed E-state index contributed by atoms with van der Waals surface area (Å²) in [7, 11) is 0. The van der Waals surface area contributed by atoms with E-state index in [0.29, 0.717) is 56.8 Å². The average molecular weight is 456 g/mol. The van der Waals surface area contributed by atoms with Crippen LogP contribution in [-0.2, 0) is 24.5 Å². The third kappa shape index (κ3) is 4.02. The predicted molar refractivity (Wildman–Crippen MR) is 117 cm³/mol. The number of amides is 2. The number of benzene rings is 2. The van der Waals surface area contributed by atoms with Gasteiger partial charge in [-0.25, -0.2) is 8.78 Å². The highest BCUT2D eigenvalue weighted by Crippen LogP contribution is 2.40. The minimum Gasteiger partial charge on any atom is -0.381 e. The van der Waals surface area contributed by atoms with Crippen molar-refractivity contribution in [3.05, 3.63) is 65.7 Å². The fourth-order valence-electron chi connectivity index (χ4n) is 5.27. The molecule has 2 aromatic carbocycles. The number of morpholine rings is 1. The Balaban J connectivity index is 1.38. The summed E-state index contributed by atoms with van der Waals surface area (Å²) in [5.74, 6) is -0.987. The van der Waals surface area contributed by atoms with Gasteiger partial charge in [0.15, 0.2) is 0 Å². The standard InChI is InChI=1S/C25H26F2N2O4/c26-19-4-6-21(7-5-19)29-17-24(33-15-22(29)30)8-11-28(16-24)23(31)25(9-12-32-13-10-25)18-2-1-3-20(27)14-18/h1-7,14H,8-13,15-17H2. The number of hydrogen-bond donors (Lipinski definition) is 0. The van der Waals surface area contributed by atoms with Gasteiger partial charge in [0.2, 0.25) is 5.91 Å². The topological polar surface area (TPSA) is 59.1 Å².